The highest BCUT2D eigenvalue weighted by atomic mass is 19.4. The van der Waals surface area contributed by atoms with Gasteiger partial charge in [0.25, 0.3) is 5.91 Å². The lowest BCUT2D eigenvalue weighted by molar-refractivity contribution is -0.138. The maximum atomic E-state index is 13.0. The maximum Gasteiger partial charge on any atom is 0.417 e. The minimum absolute atomic E-state index is 0.1000. The Morgan fingerprint density at radius 2 is 1.82 bits per heavy atom. The van der Waals surface area contributed by atoms with Crippen LogP contribution in [-0.2, 0) is 11.0 Å². The Bertz CT molecular complexity index is 1280. The average Bonchev–Trinajstić information content (AvgIpc) is 3.31. The summed E-state index contributed by atoms with van der Waals surface area (Å²) in [6.45, 7) is 1.96. The number of carboxylic acid groups (broad SMARTS) is 1. The summed E-state index contributed by atoms with van der Waals surface area (Å²) in [5.74, 6) is 0.179. The molecule has 1 amide bonds. The molecule has 0 spiro atoms. The van der Waals surface area contributed by atoms with Gasteiger partial charge in [0.2, 0.25) is 0 Å². The number of amides is 1. The number of pyridine rings is 1. The molecule has 1 aliphatic rings. The largest absolute Gasteiger partial charge is 0.481 e. The quantitative estimate of drug-likeness (QED) is 0.303. The van der Waals surface area contributed by atoms with Gasteiger partial charge in [-0.15, -0.1) is 0 Å². The van der Waals surface area contributed by atoms with Crippen molar-refractivity contribution in [2.45, 2.75) is 57.7 Å². The van der Waals surface area contributed by atoms with Crippen molar-refractivity contribution in [3.05, 3.63) is 71.1 Å². The zero-order valence-corrected chi connectivity index (χ0v) is 21.9. The van der Waals surface area contributed by atoms with Crippen LogP contribution in [0.3, 0.4) is 0 Å². The first-order valence-electron chi connectivity index (χ1n) is 13.0. The van der Waals surface area contributed by atoms with Crippen LogP contribution in [0.15, 0.2) is 53.1 Å². The average molecular weight is 544 g/mol. The number of nitrogens with zero attached hydrogens (tertiary/aromatic N) is 2. The Hall–Kier alpha value is -3.82. The molecule has 0 aliphatic heterocycles. The zero-order chi connectivity index (χ0) is 28.2. The molecule has 10 heteroatoms. The number of nitrogens with one attached hydrogen (secondary N) is 1. The predicted octanol–water partition coefficient (Wildman–Crippen LogP) is 6.95. The number of aliphatic carboxylic acids is 1. The van der Waals surface area contributed by atoms with E-state index in [9.17, 15) is 22.8 Å². The highest BCUT2D eigenvalue weighted by Gasteiger charge is 2.32. The fraction of sp³-hybridized carbons (Fsp3) is 0.414. The van der Waals surface area contributed by atoms with E-state index in [1.54, 1.807) is 19.2 Å². The second-order valence-corrected chi connectivity index (χ2v) is 10.0. The van der Waals surface area contributed by atoms with Crippen molar-refractivity contribution >= 4 is 17.6 Å². The second-order valence-electron chi connectivity index (χ2n) is 10.0. The molecule has 39 heavy (non-hydrogen) atoms. The summed E-state index contributed by atoms with van der Waals surface area (Å²) in [6, 6.07) is 11.1. The summed E-state index contributed by atoms with van der Waals surface area (Å²) in [5, 5.41) is 12.5. The minimum Gasteiger partial charge on any atom is -0.481 e. The Morgan fingerprint density at radius 1 is 1.13 bits per heavy atom. The number of carbonyl (C=O) groups is 2. The number of hydrogen-bond donors (Lipinski definition) is 2. The Labute approximate surface area is 225 Å². The molecule has 3 aromatic rings. The van der Waals surface area contributed by atoms with Crippen molar-refractivity contribution in [1.29, 1.82) is 0 Å². The number of carbonyl (C=O) groups excluding carboxylic acids is 1. The van der Waals surface area contributed by atoms with Crippen molar-refractivity contribution in [2.75, 3.05) is 18.9 Å². The number of benzene rings is 1. The van der Waals surface area contributed by atoms with Crippen molar-refractivity contribution < 1.29 is 32.3 Å². The highest BCUT2D eigenvalue weighted by molar-refractivity contribution is 5.94. The van der Waals surface area contributed by atoms with Crippen molar-refractivity contribution in [3.8, 4) is 11.5 Å². The third kappa shape index (κ3) is 6.99. The summed E-state index contributed by atoms with van der Waals surface area (Å²) >= 11 is 0. The predicted molar refractivity (Wildman–Crippen MR) is 140 cm³/mol. The number of carboxylic acids is 1. The third-order valence-electron chi connectivity index (χ3n) is 7.22. The molecule has 2 N–H and O–H groups in total. The normalized spacial score (nSPS) is 15.1. The lowest BCUT2D eigenvalue weighted by Gasteiger charge is -2.31. The van der Waals surface area contributed by atoms with Crippen LogP contribution >= 0.6 is 0 Å². The third-order valence-corrected chi connectivity index (χ3v) is 7.22. The highest BCUT2D eigenvalue weighted by Crippen LogP contribution is 2.40. The number of anilines is 1. The van der Waals surface area contributed by atoms with Gasteiger partial charge in [0, 0.05) is 36.6 Å². The van der Waals surface area contributed by atoms with Gasteiger partial charge in [-0.1, -0.05) is 19.3 Å². The Kier molecular flexibility index (Phi) is 8.62. The first-order valence-corrected chi connectivity index (χ1v) is 13.0. The molecule has 4 rings (SSSR count). The van der Waals surface area contributed by atoms with Crippen LogP contribution in [0.1, 0.15) is 71.8 Å². The van der Waals surface area contributed by atoms with E-state index in [1.807, 2.05) is 25.1 Å². The summed E-state index contributed by atoms with van der Waals surface area (Å²) in [5.41, 5.74) is 1.70. The van der Waals surface area contributed by atoms with Crippen LogP contribution in [0.5, 0.6) is 0 Å². The molecule has 1 unspecified atom stereocenters. The molecular formula is C29H32F3N3O4. The van der Waals surface area contributed by atoms with Gasteiger partial charge in [-0.05, 0) is 68.1 Å². The fourth-order valence-corrected chi connectivity index (χ4v) is 5.03. The lowest BCUT2D eigenvalue weighted by atomic mass is 9.81. The maximum absolute atomic E-state index is 13.0. The van der Waals surface area contributed by atoms with E-state index in [2.05, 4.69) is 10.3 Å². The molecule has 1 fully saturated rings. The van der Waals surface area contributed by atoms with Crippen LogP contribution < -0.4 is 5.32 Å². The van der Waals surface area contributed by atoms with Crippen LogP contribution in [0.25, 0.3) is 11.5 Å². The van der Waals surface area contributed by atoms with Crippen molar-refractivity contribution in [2.24, 2.45) is 5.92 Å². The summed E-state index contributed by atoms with van der Waals surface area (Å²) in [4.78, 5) is 28.8. The van der Waals surface area contributed by atoms with Gasteiger partial charge in [0.1, 0.15) is 11.5 Å². The summed E-state index contributed by atoms with van der Waals surface area (Å²) < 4.78 is 44.9. The molecule has 0 saturated heterocycles. The van der Waals surface area contributed by atoms with Gasteiger partial charge in [-0.25, -0.2) is 0 Å². The number of aryl methyl sites for hydroxylation is 1. The SMILES string of the molecule is Cc1oc(-c2ccc(C(F)(F)F)cn2)cc1C(Nc1ccc(C(=O)N(C)CCC(=O)O)cc1)C1CCCCC1. The number of halogens is 3. The van der Waals surface area contributed by atoms with Crippen LogP contribution in [-0.4, -0.2) is 40.5 Å². The molecule has 0 bridgehead atoms. The second kappa shape index (κ2) is 11.9. The van der Waals surface area contributed by atoms with Gasteiger partial charge >= 0.3 is 12.1 Å². The minimum atomic E-state index is -4.46. The van der Waals surface area contributed by atoms with E-state index in [4.69, 9.17) is 9.52 Å². The van der Waals surface area contributed by atoms with Gasteiger partial charge in [-0.3, -0.25) is 14.6 Å². The molecule has 1 atom stereocenters. The van der Waals surface area contributed by atoms with E-state index < -0.39 is 17.7 Å². The standard InChI is InChI=1S/C29H32F3N3O4/c1-18-23(16-25(39-18)24-13-10-21(17-33-24)29(30,31)32)27(19-6-4-3-5-7-19)34-22-11-8-20(9-12-22)28(38)35(2)15-14-26(36)37/h8-13,16-17,19,27,34H,3-7,14-15H2,1-2H3,(H,36,37). The molecule has 208 valence electrons. The van der Waals surface area contributed by atoms with E-state index >= 15 is 0 Å². The number of aromatic nitrogens is 1. The lowest BCUT2D eigenvalue weighted by Crippen LogP contribution is -2.29. The zero-order valence-electron chi connectivity index (χ0n) is 21.9. The number of furan rings is 1. The van der Waals surface area contributed by atoms with Gasteiger partial charge in [0.15, 0.2) is 5.76 Å². The number of hydrogen-bond acceptors (Lipinski definition) is 5. The molecule has 1 aromatic carbocycles. The first-order chi connectivity index (χ1) is 18.5. The van der Waals surface area contributed by atoms with Gasteiger partial charge in [0.05, 0.1) is 18.0 Å². The van der Waals surface area contributed by atoms with Crippen LogP contribution in [0.4, 0.5) is 18.9 Å². The van der Waals surface area contributed by atoms with E-state index in [0.717, 1.165) is 49.2 Å². The number of alkyl halides is 3. The van der Waals surface area contributed by atoms with Crippen LogP contribution in [0, 0.1) is 12.8 Å². The molecule has 1 saturated carbocycles. The fourth-order valence-electron chi connectivity index (χ4n) is 5.03. The summed E-state index contributed by atoms with van der Waals surface area (Å²) in [6.07, 6.45) is 1.69. The van der Waals surface area contributed by atoms with Gasteiger partial charge < -0.3 is 19.7 Å². The van der Waals surface area contributed by atoms with Crippen LogP contribution in [0.2, 0.25) is 0 Å². The number of rotatable bonds is 9. The molecule has 2 aromatic heterocycles. The Balaban J connectivity index is 1.56. The smallest absolute Gasteiger partial charge is 0.417 e. The molecular weight excluding hydrogens is 511 g/mol. The molecule has 1 aliphatic carbocycles. The topological polar surface area (TPSA) is 95.7 Å². The molecule has 7 nitrogen and oxygen atoms in total. The van der Waals surface area contributed by atoms with Crippen molar-refractivity contribution in [3.63, 3.8) is 0 Å². The van der Waals surface area contributed by atoms with E-state index in [0.29, 0.717) is 28.7 Å². The summed E-state index contributed by atoms with van der Waals surface area (Å²) in [7, 11) is 1.57. The monoisotopic (exact) mass is 543 g/mol. The van der Waals surface area contributed by atoms with Crippen molar-refractivity contribution in [1.82, 2.24) is 9.88 Å². The van der Waals surface area contributed by atoms with E-state index in [-0.39, 0.29) is 24.9 Å². The van der Waals surface area contributed by atoms with Gasteiger partial charge in [-0.2, -0.15) is 13.2 Å². The first kappa shape index (κ1) is 28.2. The molecule has 0 radical (unpaired) electrons. The Morgan fingerprint density at radius 3 is 2.41 bits per heavy atom. The molecule has 2 heterocycles. The van der Waals surface area contributed by atoms with E-state index in [1.165, 1.54) is 17.4 Å².